The molecular formula is C23H26FN3O2. The molecule has 0 saturated carbocycles. The van der Waals surface area contributed by atoms with E-state index in [4.69, 9.17) is 0 Å². The first-order valence-corrected chi connectivity index (χ1v) is 10.0. The average Bonchev–Trinajstić information content (AvgIpc) is 2.97. The van der Waals surface area contributed by atoms with Gasteiger partial charge in [0.25, 0.3) is 5.91 Å². The van der Waals surface area contributed by atoms with Crippen LogP contribution < -0.4 is 9.80 Å². The normalized spacial score (nSPS) is 20.6. The van der Waals surface area contributed by atoms with Crippen molar-refractivity contribution in [1.29, 1.82) is 0 Å². The summed E-state index contributed by atoms with van der Waals surface area (Å²) >= 11 is 0. The van der Waals surface area contributed by atoms with Crippen LogP contribution in [-0.4, -0.2) is 48.9 Å². The molecule has 2 aromatic rings. The minimum absolute atomic E-state index is 0.147. The Labute approximate surface area is 170 Å². The highest BCUT2D eigenvalue weighted by molar-refractivity contribution is 6.23. The molecule has 0 spiro atoms. The van der Waals surface area contributed by atoms with E-state index in [1.807, 2.05) is 43.9 Å². The van der Waals surface area contributed by atoms with Gasteiger partial charge in [0.1, 0.15) is 5.82 Å². The number of benzene rings is 2. The van der Waals surface area contributed by atoms with Gasteiger partial charge in [-0.05, 0) is 44.0 Å². The van der Waals surface area contributed by atoms with Crippen LogP contribution in [0.4, 0.5) is 15.8 Å². The molecule has 2 amide bonds. The fourth-order valence-electron chi connectivity index (χ4n) is 4.64. The van der Waals surface area contributed by atoms with Crippen LogP contribution in [0.3, 0.4) is 0 Å². The number of anilines is 2. The maximum Gasteiger partial charge on any atom is 0.251 e. The van der Waals surface area contributed by atoms with Crippen molar-refractivity contribution < 1.29 is 14.0 Å². The number of carbonyl (C=O) groups excluding carboxylic acids is 2. The van der Waals surface area contributed by atoms with E-state index in [-0.39, 0.29) is 24.1 Å². The summed E-state index contributed by atoms with van der Waals surface area (Å²) in [5.41, 5.74) is 4.30. The predicted octanol–water partition coefficient (Wildman–Crippen LogP) is 3.21. The Balaban J connectivity index is 1.50. The van der Waals surface area contributed by atoms with Gasteiger partial charge in [0.2, 0.25) is 5.91 Å². The first kappa shape index (κ1) is 19.6. The Morgan fingerprint density at radius 1 is 0.931 bits per heavy atom. The van der Waals surface area contributed by atoms with Crippen LogP contribution in [0.25, 0.3) is 0 Å². The van der Waals surface area contributed by atoms with Gasteiger partial charge in [-0.2, -0.15) is 0 Å². The highest BCUT2D eigenvalue weighted by atomic mass is 19.1. The van der Waals surface area contributed by atoms with Crippen molar-refractivity contribution in [2.75, 3.05) is 36.0 Å². The number of nitrogens with zero attached hydrogens (tertiary/aromatic N) is 3. The quantitative estimate of drug-likeness (QED) is 0.749. The average molecular weight is 395 g/mol. The molecule has 0 bridgehead atoms. The molecule has 6 heteroatoms. The van der Waals surface area contributed by atoms with Gasteiger partial charge in [-0.25, -0.2) is 9.29 Å². The SMILES string of the molecule is Cc1cc(C)c(N2C(=O)C[C@@H](N3CCN(c4ccccc4F)CC3)C2=O)c(C)c1. The lowest BCUT2D eigenvalue weighted by Crippen LogP contribution is -2.52. The van der Waals surface area contributed by atoms with Crippen LogP contribution >= 0.6 is 0 Å². The van der Waals surface area contributed by atoms with Gasteiger partial charge < -0.3 is 4.90 Å². The summed E-state index contributed by atoms with van der Waals surface area (Å²) < 4.78 is 14.1. The smallest absolute Gasteiger partial charge is 0.251 e. The lowest BCUT2D eigenvalue weighted by molar-refractivity contribution is -0.123. The number of para-hydroxylation sites is 1. The molecule has 0 radical (unpaired) electrons. The van der Waals surface area contributed by atoms with Crippen LogP contribution in [-0.2, 0) is 9.59 Å². The zero-order chi connectivity index (χ0) is 20.7. The summed E-state index contributed by atoms with van der Waals surface area (Å²) in [6, 6.07) is 10.3. The van der Waals surface area contributed by atoms with Crippen molar-refractivity contribution in [2.24, 2.45) is 0 Å². The van der Waals surface area contributed by atoms with Gasteiger partial charge >= 0.3 is 0 Å². The molecule has 2 heterocycles. The summed E-state index contributed by atoms with van der Waals surface area (Å²) in [5, 5.41) is 0. The van der Waals surface area contributed by atoms with E-state index in [2.05, 4.69) is 4.90 Å². The maximum absolute atomic E-state index is 14.1. The Morgan fingerprint density at radius 2 is 1.55 bits per heavy atom. The number of hydrogen-bond acceptors (Lipinski definition) is 4. The summed E-state index contributed by atoms with van der Waals surface area (Å²) in [6.45, 7) is 8.39. The van der Waals surface area contributed by atoms with E-state index in [1.165, 1.54) is 11.0 Å². The predicted molar refractivity (Wildman–Crippen MR) is 112 cm³/mol. The second kappa shape index (κ2) is 7.59. The lowest BCUT2D eigenvalue weighted by atomic mass is 10.0. The maximum atomic E-state index is 14.1. The molecule has 4 rings (SSSR count). The van der Waals surface area contributed by atoms with Crippen LogP contribution in [0.15, 0.2) is 36.4 Å². The molecule has 0 aliphatic carbocycles. The minimum atomic E-state index is -0.439. The number of rotatable bonds is 3. The molecule has 2 saturated heterocycles. The van der Waals surface area contributed by atoms with Gasteiger partial charge in [-0.15, -0.1) is 0 Å². The summed E-state index contributed by atoms with van der Waals surface area (Å²) in [6.07, 6.45) is 0.200. The molecule has 5 nitrogen and oxygen atoms in total. The Morgan fingerprint density at radius 3 is 2.17 bits per heavy atom. The Kier molecular flexibility index (Phi) is 5.13. The molecule has 2 fully saturated rings. The number of hydrogen-bond donors (Lipinski definition) is 0. The number of imide groups is 1. The highest BCUT2D eigenvalue weighted by Crippen LogP contribution is 2.32. The van der Waals surface area contributed by atoms with Crippen LogP contribution in [0.5, 0.6) is 0 Å². The van der Waals surface area contributed by atoms with E-state index in [0.29, 0.717) is 31.9 Å². The number of halogens is 1. The van der Waals surface area contributed by atoms with Crippen LogP contribution in [0.1, 0.15) is 23.1 Å². The van der Waals surface area contributed by atoms with E-state index >= 15 is 0 Å². The molecule has 2 aliphatic rings. The van der Waals surface area contributed by atoms with Crippen molar-refractivity contribution in [1.82, 2.24) is 4.90 Å². The second-order valence-corrected chi connectivity index (χ2v) is 8.01. The molecule has 29 heavy (non-hydrogen) atoms. The molecule has 2 aromatic carbocycles. The monoisotopic (exact) mass is 395 g/mol. The van der Waals surface area contributed by atoms with Gasteiger partial charge in [0, 0.05) is 26.2 Å². The third-order valence-corrected chi connectivity index (χ3v) is 5.93. The fraction of sp³-hybridized carbons (Fsp3) is 0.391. The Hall–Kier alpha value is -2.73. The lowest BCUT2D eigenvalue weighted by Gasteiger charge is -2.38. The van der Waals surface area contributed by atoms with E-state index in [9.17, 15) is 14.0 Å². The van der Waals surface area contributed by atoms with E-state index in [0.717, 1.165) is 22.4 Å². The van der Waals surface area contributed by atoms with Gasteiger partial charge in [0.05, 0.1) is 23.8 Å². The zero-order valence-electron chi connectivity index (χ0n) is 17.1. The molecular weight excluding hydrogens is 369 g/mol. The molecule has 0 unspecified atom stereocenters. The highest BCUT2D eigenvalue weighted by Gasteiger charge is 2.44. The van der Waals surface area contributed by atoms with Crippen molar-refractivity contribution >= 4 is 23.2 Å². The summed E-state index contributed by atoms with van der Waals surface area (Å²) in [5.74, 6) is -0.527. The standard InChI is InChI=1S/C23H26FN3O2/c1-15-12-16(2)22(17(3)13-15)27-21(28)14-20(23(27)29)26-10-8-25(9-11-26)19-7-5-4-6-18(19)24/h4-7,12-13,20H,8-11,14H2,1-3H3/t20-/m1/s1. The first-order chi connectivity index (χ1) is 13.9. The van der Waals surface area contributed by atoms with Crippen LogP contribution in [0, 0.1) is 26.6 Å². The van der Waals surface area contributed by atoms with Crippen molar-refractivity contribution in [3.63, 3.8) is 0 Å². The zero-order valence-corrected chi connectivity index (χ0v) is 17.1. The Bertz CT molecular complexity index is 943. The van der Waals surface area contributed by atoms with E-state index < -0.39 is 6.04 Å². The minimum Gasteiger partial charge on any atom is -0.367 e. The second-order valence-electron chi connectivity index (χ2n) is 8.01. The molecule has 1 atom stereocenters. The third-order valence-electron chi connectivity index (χ3n) is 5.93. The van der Waals surface area contributed by atoms with Gasteiger partial charge in [-0.3, -0.25) is 14.5 Å². The number of amides is 2. The summed E-state index contributed by atoms with van der Waals surface area (Å²) in [7, 11) is 0. The van der Waals surface area contributed by atoms with E-state index in [1.54, 1.807) is 12.1 Å². The first-order valence-electron chi connectivity index (χ1n) is 10.0. The molecule has 2 aliphatic heterocycles. The fourth-order valence-corrected chi connectivity index (χ4v) is 4.64. The van der Waals surface area contributed by atoms with Crippen LogP contribution in [0.2, 0.25) is 0 Å². The number of carbonyl (C=O) groups is 2. The largest absolute Gasteiger partial charge is 0.367 e. The van der Waals surface area contributed by atoms with Gasteiger partial charge in [0.15, 0.2) is 0 Å². The number of piperazine rings is 1. The third kappa shape index (κ3) is 3.53. The van der Waals surface area contributed by atoms with Crippen molar-refractivity contribution in [3.8, 4) is 0 Å². The summed E-state index contributed by atoms with van der Waals surface area (Å²) in [4.78, 5) is 31.4. The molecule has 0 aromatic heterocycles. The van der Waals surface area contributed by atoms with Crippen molar-refractivity contribution in [2.45, 2.75) is 33.2 Å². The van der Waals surface area contributed by atoms with Gasteiger partial charge in [-0.1, -0.05) is 29.8 Å². The number of aryl methyl sites for hydroxylation is 3. The molecule has 0 N–H and O–H groups in total. The topological polar surface area (TPSA) is 43.9 Å². The van der Waals surface area contributed by atoms with Crippen molar-refractivity contribution in [3.05, 3.63) is 58.9 Å². The molecule has 152 valence electrons.